The van der Waals surface area contributed by atoms with Gasteiger partial charge in [0, 0.05) is 31.5 Å². The highest BCUT2D eigenvalue weighted by molar-refractivity contribution is 5.54. The van der Waals surface area contributed by atoms with Crippen molar-refractivity contribution in [2.75, 3.05) is 24.3 Å². The largest absolute Gasteiger partial charge is 0.382 e. The Balaban J connectivity index is 1.89. The van der Waals surface area contributed by atoms with Crippen molar-refractivity contribution < 1.29 is 0 Å². The Labute approximate surface area is 124 Å². The molecule has 20 heavy (non-hydrogen) atoms. The van der Waals surface area contributed by atoms with Crippen LogP contribution in [0.4, 0.5) is 11.4 Å². The molecule has 1 aliphatic carbocycles. The molecular weight excluding hydrogens is 244 g/mol. The van der Waals surface area contributed by atoms with Crippen LogP contribution in [0.25, 0.3) is 0 Å². The highest BCUT2D eigenvalue weighted by Gasteiger charge is 2.20. The first-order valence-electron chi connectivity index (χ1n) is 8.10. The maximum atomic E-state index is 3.73. The minimum Gasteiger partial charge on any atom is -0.382 e. The predicted molar refractivity (Wildman–Crippen MR) is 89.6 cm³/mol. The van der Waals surface area contributed by atoms with Gasteiger partial charge < -0.3 is 10.2 Å². The molecule has 1 N–H and O–H groups in total. The van der Waals surface area contributed by atoms with Crippen LogP contribution in [0.2, 0.25) is 0 Å². The zero-order valence-electron chi connectivity index (χ0n) is 13.5. The number of hydrogen-bond acceptors (Lipinski definition) is 2. The molecule has 1 aliphatic rings. The van der Waals surface area contributed by atoms with E-state index < -0.39 is 0 Å². The normalized spacial score (nSPS) is 23.4. The van der Waals surface area contributed by atoms with Crippen molar-refractivity contribution in [1.29, 1.82) is 0 Å². The summed E-state index contributed by atoms with van der Waals surface area (Å²) < 4.78 is 0. The lowest BCUT2D eigenvalue weighted by Gasteiger charge is -2.20. The van der Waals surface area contributed by atoms with Gasteiger partial charge in [-0.2, -0.15) is 0 Å². The molecule has 0 radical (unpaired) electrons. The number of rotatable bonds is 4. The van der Waals surface area contributed by atoms with E-state index in [0.717, 1.165) is 11.8 Å². The average Bonchev–Trinajstić information content (AvgIpc) is 2.65. The fraction of sp³-hybridized carbons (Fsp3) is 0.667. The summed E-state index contributed by atoms with van der Waals surface area (Å²) in [6.45, 7) is 4.75. The Morgan fingerprint density at radius 1 is 1.00 bits per heavy atom. The van der Waals surface area contributed by atoms with Crippen LogP contribution in [-0.2, 0) is 0 Å². The SMILES string of the molecule is CC(C)C1CCCC(Nc2ccc(N(C)C)cc2)CC1. The van der Waals surface area contributed by atoms with Crippen molar-refractivity contribution in [1.82, 2.24) is 0 Å². The Morgan fingerprint density at radius 3 is 2.30 bits per heavy atom. The summed E-state index contributed by atoms with van der Waals surface area (Å²) >= 11 is 0. The molecule has 0 aliphatic heterocycles. The van der Waals surface area contributed by atoms with E-state index in [9.17, 15) is 0 Å². The fourth-order valence-electron chi connectivity index (χ4n) is 3.23. The minimum absolute atomic E-state index is 0.656. The molecule has 2 heteroatoms. The van der Waals surface area contributed by atoms with E-state index in [1.165, 1.54) is 43.5 Å². The second-order valence-corrected chi connectivity index (χ2v) is 6.79. The lowest BCUT2D eigenvalue weighted by molar-refractivity contribution is 0.341. The van der Waals surface area contributed by atoms with Crippen LogP contribution in [0, 0.1) is 11.8 Å². The molecular formula is C18H30N2. The highest BCUT2D eigenvalue weighted by Crippen LogP contribution is 2.30. The summed E-state index contributed by atoms with van der Waals surface area (Å²) in [4.78, 5) is 2.14. The van der Waals surface area contributed by atoms with Gasteiger partial charge in [-0.3, -0.25) is 0 Å². The zero-order valence-corrected chi connectivity index (χ0v) is 13.5. The number of nitrogens with one attached hydrogen (secondary N) is 1. The van der Waals surface area contributed by atoms with Gasteiger partial charge >= 0.3 is 0 Å². The second kappa shape index (κ2) is 7.01. The molecule has 1 fully saturated rings. The Morgan fingerprint density at radius 2 is 1.70 bits per heavy atom. The van der Waals surface area contributed by atoms with Gasteiger partial charge in [-0.1, -0.05) is 26.7 Å². The number of hydrogen-bond donors (Lipinski definition) is 1. The molecule has 0 bridgehead atoms. The van der Waals surface area contributed by atoms with Gasteiger partial charge in [-0.05, 0) is 55.4 Å². The molecule has 0 amide bonds. The summed E-state index contributed by atoms with van der Waals surface area (Å²) in [5.41, 5.74) is 2.53. The van der Waals surface area contributed by atoms with Crippen molar-refractivity contribution in [2.45, 2.75) is 52.0 Å². The predicted octanol–water partition coefficient (Wildman–Crippen LogP) is 4.77. The van der Waals surface area contributed by atoms with Crippen molar-refractivity contribution in [3.05, 3.63) is 24.3 Å². The summed E-state index contributed by atoms with van der Waals surface area (Å²) in [6, 6.07) is 9.45. The van der Waals surface area contributed by atoms with Gasteiger partial charge in [-0.15, -0.1) is 0 Å². The molecule has 2 rings (SSSR count). The Bertz CT molecular complexity index is 394. The topological polar surface area (TPSA) is 15.3 Å². The number of benzene rings is 1. The maximum absolute atomic E-state index is 3.73. The Kier molecular flexibility index (Phi) is 5.33. The van der Waals surface area contributed by atoms with Crippen LogP contribution in [-0.4, -0.2) is 20.1 Å². The van der Waals surface area contributed by atoms with E-state index in [1.54, 1.807) is 0 Å². The van der Waals surface area contributed by atoms with Crippen molar-refractivity contribution >= 4 is 11.4 Å². The van der Waals surface area contributed by atoms with Gasteiger partial charge in [0.25, 0.3) is 0 Å². The third-order valence-electron chi connectivity index (χ3n) is 4.71. The third kappa shape index (κ3) is 4.16. The summed E-state index contributed by atoms with van der Waals surface area (Å²) in [7, 11) is 4.17. The minimum atomic E-state index is 0.656. The lowest BCUT2D eigenvalue weighted by atomic mass is 9.89. The quantitative estimate of drug-likeness (QED) is 0.796. The van der Waals surface area contributed by atoms with Gasteiger partial charge in [0.05, 0.1) is 0 Å². The average molecular weight is 274 g/mol. The van der Waals surface area contributed by atoms with E-state index in [1.807, 2.05) is 0 Å². The van der Waals surface area contributed by atoms with E-state index in [2.05, 4.69) is 62.4 Å². The van der Waals surface area contributed by atoms with E-state index in [-0.39, 0.29) is 0 Å². The molecule has 0 aromatic heterocycles. The first-order chi connectivity index (χ1) is 9.56. The molecule has 0 saturated heterocycles. The van der Waals surface area contributed by atoms with Crippen LogP contribution in [0.15, 0.2) is 24.3 Å². The molecule has 2 nitrogen and oxygen atoms in total. The van der Waals surface area contributed by atoms with Crippen LogP contribution in [0.5, 0.6) is 0 Å². The highest BCUT2D eigenvalue weighted by atomic mass is 15.1. The van der Waals surface area contributed by atoms with Crippen LogP contribution < -0.4 is 10.2 Å². The van der Waals surface area contributed by atoms with Gasteiger partial charge in [0.2, 0.25) is 0 Å². The first-order valence-corrected chi connectivity index (χ1v) is 8.10. The lowest BCUT2D eigenvalue weighted by Crippen LogP contribution is -2.18. The molecule has 1 saturated carbocycles. The Hall–Kier alpha value is -1.18. The smallest absolute Gasteiger partial charge is 0.0362 e. The molecule has 2 atom stereocenters. The molecule has 1 aromatic rings. The monoisotopic (exact) mass is 274 g/mol. The zero-order chi connectivity index (χ0) is 14.5. The van der Waals surface area contributed by atoms with Crippen LogP contribution in [0.1, 0.15) is 46.0 Å². The third-order valence-corrected chi connectivity index (χ3v) is 4.71. The molecule has 0 spiro atoms. The maximum Gasteiger partial charge on any atom is 0.0362 e. The van der Waals surface area contributed by atoms with Gasteiger partial charge in [-0.25, -0.2) is 0 Å². The molecule has 0 heterocycles. The molecule has 2 unspecified atom stereocenters. The van der Waals surface area contributed by atoms with E-state index in [4.69, 9.17) is 0 Å². The van der Waals surface area contributed by atoms with Gasteiger partial charge in [0.15, 0.2) is 0 Å². The molecule has 1 aromatic carbocycles. The van der Waals surface area contributed by atoms with Gasteiger partial charge in [0.1, 0.15) is 0 Å². The number of anilines is 2. The summed E-state index contributed by atoms with van der Waals surface area (Å²) in [5.74, 6) is 1.77. The standard InChI is InChI=1S/C18H30N2/c1-14(2)15-6-5-7-16(9-8-15)19-17-10-12-18(13-11-17)20(3)4/h10-16,19H,5-9H2,1-4H3. The van der Waals surface area contributed by atoms with Crippen LogP contribution >= 0.6 is 0 Å². The van der Waals surface area contributed by atoms with Crippen molar-refractivity contribution in [3.8, 4) is 0 Å². The second-order valence-electron chi connectivity index (χ2n) is 6.79. The first kappa shape index (κ1) is 15.2. The fourth-order valence-corrected chi connectivity index (χ4v) is 3.23. The van der Waals surface area contributed by atoms with Crippen LogP contribution in [0.3, 0.4) is 0 Å². The molecule has 112 valence electrons. The van der Waals surface area contributed by atoms with Crippen molar-refractivity contribution in [3.63, 3.8) is 0 Å². The van der Waals surface area contributed by atoms with E-state index in [0.29, 0.717) is 6.04 Å². The number of nitrogens with zero attached hydrogens (tertiary/aromatic N) is 1. The van der Waals surface area contributed by atoms with Crippen molar-refractivity contribution in [2.24, 2.45) is 11.8 Å². The van der Waals surface area contributed by atoms with E-state index >= 15 is 0 Å². The summed E-state index contributed by atoms with van der Waals surface area (Å²) in [6.07, 6.45) is 6.80. The summed E-state index contributed by atoms with van der Waals surface area (Å²) in [5, 5.41) is 3.73.